The summed E-state index contributed by atoms with van der Waals surface area (Å²) in [7, 11) is -2.33. The standard InChI is InChI=1S/C24H22Si.2ClH.Ti/c1-19-11-9-17-23(19)25(21-13-5-3-6-14-21,22-15-7-4-8-16-22)24-18-10-12-20(24)2;;;/h3-8,11-16H,9-10H2,1-2H3;2*1H;/q-2;;;+4/p-2. The van der Waals surface area contributed by atoms with Gasteiger partial charge in [0.05, 0.1) is 0 Å². The van der Waals surface area contributed by atoms with Crippen molar-refractivity contribution in [3.8, 4) is 0 Å². The number of rotatable bonds is 4. The monoisotopic (exact) mass is 456 g/mol. The van der Waals surface area contributed by atoms with E-state index in [4.69, 9.17) is 0 Å². The number of hydrogen-bond acceptors (Lipinski definition) is 0. The molecule has 0 aliphatic heterocycles. The molecule has 140 valence electrons. The second kappa shape index (κ2) is 10.6. The van der Waals surface area contributed by atoms with Crippen LogP contribution in [0.1, 0.15) is 26.7 Å². The SMILES string of the molecule is CC1=CC[C-]=C1[Si](C1=[C-]CC=C1C)(c1ccccc1)c1ccccc1.[Cl-].[Cl-].[Ti+4]. The van der Waals surface area contributed by atoms with Gasteiger partial charge in [0.1, 0.15) is 8.07 Å². The van der Waals surface area contributed by atoms with Crippen LogP contribution in [0.15, 0.2) is 94.4 Å². The fourth-order valence-corrected chi connectivity index (χ4v) is 9.44. The van der Waals surface area contributed by atoms with Crippen LogP contribution in [-0.2, 0) is 21.7 Å². The Morgan fingerprint density at radius 1 is 0.643 bits per heavy atom. The van der Waals surface area contributed by atoms with Crippen molar-refractivity contribution in [2.24, 2.45) is 0 Å². The fourth-order valence-electron chi connectivity index (χ4n) is 4.20. The van der Waals surface area contributed by atoms with Crippen molar-refractivity contribution in [2.45, 2.75) is 26.7 Å². The maximum Gasteiger partial charge on any atom is 4.00 e. The Bertz CT molecular complexity index is 835. The zero-order chi connectivity index (χ0) is 17.3. The molecule has 0 saturated carbocycles. The third-order valence-electron chi connectivity index (χ3n) is 5.33. The van der Waals surface area contributed by atoms with Gasteiger partial charge in [0.2, 0.25) is 0 Å². The first-order chi connectivity index (χ1) is 12.2. The molecule has 0 nitrogen and oxygen atoms in total. The van der Waals surface area contributed by atoms with Crippen molar-refractivity contribution in [2.75, 3.05) is 0 Å². The third kappa shape index (κ3) is 4.10. The summed E-state index contributed by atoms with van der Waals surface area (Å²) in [6.45, 7) is 4.50. The summed E-state index contributed by atoms with van der Waals surface area (Å²) in [6, 6.07) is 22.1. The second-order valence-electron chi connectivity index (χ2n) is 6.77. The molecule has 2 aliphatic carbocycles. The predicted octanol–water partition coefficient (Wildman–Crippen LogP) is -1.51. The maximum absolute atomic E-state index is 3.74. The van der Waals surface area contributed by atoms with E-state index in [1.165, 1.54) is 31.9 Å². The molecule has 0 heterocycles. The number of benzene rings is 2. The molecular weight excluding hydrogens is 435 g/mol. The molecular formula is C24H22Cl2SiTi. The third-order valence-corrected chi connectivity index (χ3v) is 10.4. The van der Waals surface area contributed by atoms with Crippen molar-refractivity contribution in [3.05, 3.63) is 107 Å². The van der Waals surface area contributed by atoms with Gasteiger partial charge in [0, 0.05) is 0 Å². The minimum absolute atomic E-state index is 0. The van der Waals surface area contributed by atoms with Crippen molar-refractivity contribution in [3.63, 3.8) is 0 Å². The first-order valence-electron chi connectivity index (χ1n) is 8.92. The quantitative estimate of drug-likeness (QED) is 0.387. The van der Waals surface area contributed by atoms with E-state index in [0.717, 1.165) is 12.8 Å². The van der Waals surface area contributed by atoms with Crippen molar-refractivity contribution in [1.29, 1.82) is 0 Å². The zero-order valence-corrected chi connectivity index (χ0v) is 20.2. The summed E-state index contributed by atoms with van der Waals surface area (Å²) in [5.74, 6) is 0. The van der Waals surface area contributed by atoms with Crippen LogP contribution >= 0.6 is 0 Å². The average Bonchev–Trinajstić information content (AvgIpc) is 3.28. The Morgan fingerprint density at radius 3 is 1.29 bits per heavy atom. The summed E-state index contributed by atoms with van der Waals surface area (Å²) in [5.41, 5.74) is 2.77. The van der Waals surface area contributed by atoms with E-state index >= 15 is 0 Å². The van der Waals surface area contributed by atoms with Crippen LogP contribution < -0.4 is 35.2 Å². The normalized spacial score (nSPS) is 15.2. The van der Waals surface area contributed by atoms with Crippen LogP contribution in [0.2, 0.25) is 0 Å². The van der Waals surface area contributed by atoms with Gasteiger partial charge in [-0.25, -0.2) is 21.5 Å². The van der Waals surface area contributed by atoms with Crippen molar-refractivity contribution in [1.82, 2.24) is 0 Å². The van der Waals surface area contributed by atoms with Gasteiger partial charge in [0.25, 0.3) is 0 Å². The number of allylic oxidation sites excluding steroid dienone is 8. The second-order valence-corrected chi connectivity index (χ2v) is 10.4. The predicted molar refractivity (Wildman–Crippen MR) is 108 cm³/mol. The van der Waals surface area contributed by atoms with E-state index in [9.17, 15) is 0 Å². The summed E-state index contributed by atoms with van der Waals surface area (Å²) in [5, 5.41) is 5.69. The zero-order valence-electron chi connectivity index (χ0n) is 16.1. The van der Waals surface area contributed by atoms with Crippen LogP contribution in [-0.4, -0.2) is 8.07 Å². The Morgan fingerprint density at radius 2 is 1.00 bits per heavy atom. The molecule has 0 fully saturated rings. The van der Waals surface area contributed by atoms with Crippen LogP contribution in [0.25, 0.3) is 0 Å². The molecule has 0 aromatic heterocycles. The molecule has 0 atom stereocenters. The van der Waals surface area contributed by atoms with Gasteiger partial charge >= 0.3 is 21.7 Å². The van der Waals surface area contributed by atoms with Crippen molar-refractivity contribution >= 4 is 18.4 Å². The molecule has 0 N–H and O–H groups in total. The van der Waals surface area contributed by atoms with Crippen molar-refractivity contribution < 1.29 is 46.5 Å². The molecule has 0 amide bonds. The van der Waals surface area contributed by atoms with Gasteiger partial charge in [-0.15, -0.1) is 26.7 Å². The fraction of sp³-hybridized carbons (Fsp3) is 0.167. The van der Waals surface area contributed by atoms with Gasteiger partial charge < -0.3 is 24.8 Å². The van der Waals surface area contributed by atoms with E-state index in [0.29, 0.717) is 0 Å². The smallest absolute Gasteiger partial charge is 1.00 e. The molecule has 2 aromatic carbocycles. The van der Waals surface area contributed by atoms with Gasteiger partial charge in [0.15, 0.2) is 0 Å². The summed E-state index contributed by atoms with van der Waals surface area (Å²) < 4.78 is 0. The van der Waals surface area contributed by atoms with Gasteiger partial charge in [-0.2, -0.15) is 12.2 Å². The van der Waals surface area contributed by atoms with Crippen LogP contribution in [0.4, 0.5) is 0 Å². The van der Waals surface area contributed by atoms with E-state index in [1.807, 2.05) is 0 Å². The minimum Gasteiger partial charge on any atom is -1.00 e. The topological polar surface area (TPSA) is 0 Å². The average molecular weight is 457 g/mol. The molecule has 0 unspecified atom stereocenters. The molecule has 28 heavy (non-hydrogen) atoms. The largest absolute Gasteiger partial charge is 4.00 e. The summed E-state index contributed by atoms with van der Waals surface area (Å²) >= 11 is 0. The number of halogens is 2. The Hall–Kier alpha value is -1.09. The maximum atomic E-state index is 3.74. The van der Waals surface area contributed by atoms with E-state index in [1.54, 1.807) is 0 Å². The van der Waals surface area contributed by atoms with Gasteiger partial charge in [-0.1, -0.05) is 71.0 Å². The van der Waals surface area contributed by atoms with E-state index in [2.05, 4.69) is 98.8 Å². The molecule has 2 aliphatic rings. The van der Waals surface area contributed by atoms with Gasteiger partial charge in [-0.05, 0) is 0 Å². The minimum atomic E-state index is -2.33. The van der Waals surface area contributed by atoms with Gasteiger partial charge in [-0.3, -0.25) is 12.2 Å². The Labute approximate surface area is 197 Å². The Balaban J connectivity index is 0.00000131. The van der Waals surface area contributed by atoms with Crippen LogP contribution in [0, 0.1) is 12.2 Å². The summed E-state index contributed by atoms with van der Waals surface area (Å²) in [4.78, 5) is 0. The molecule has 0 saturated heterocycles. The van der Waals surface area contributed by atoms with Crippen LogP contribution in [0.3, 0.4) is 0 Å². The molecule has 0 spiro atoms. The molecule has 2 aromatic rings. The summed E-state index contributed by atoms with van der Waals surface area (Å²) in [6.07, 6.45) is 14.0. The first-order valence-corrected chi connectivity index (χ1v) is 10.9. The van der Waals surface area contributed by atoms with Crippen LogP contribution in [0.5, 0.6) is 0 Å². The first kappa shape index (κ1) is 24.9. The molecule has 4 heteroatoms. The molecule has 0 radical (unpaired) electrons. The Kier molecular flexibility index (Phi) is 9.46. The van der Waals surface area contributed by atoms with E-state index in [-0.39, 0.29) is 46.5 Å². The molecule has 4 rings (SSSR count). The molecule has 0 bridgehead atoms. The van der Waals surface area contributed by atoms with E-state index < -0.39 is 8.07 Å². The number of hydrogen-bond donors (Lipinski definition) is 0.